The molecule has 0 bridgehead atoms. The van der Waals surface area contributed by atoms with E-state index >= 15 is 0 Å². The molecule has 52 heavy (non-hydrogen) atoms. The molecule has 0 spiro atoms. The molecule has 0 saturated heterocycles. The zero-order chi connectivity index (χ0) is 35.1. The molecule has 7 aromatic carbocycles. The first-order valence-corrected chi connectivity index (χ1v) is 18.7. The number of benzene rings is 7. The standard InChI is InChI=1S/C51H43N/c1-51(2)49-21-13-12-20-46(49)47-33-31-44(35-50(47)51)52(42-27-22-38(23-28-42)36-14-6-3-7-15-36)43-29-24-40(25-30-43)48-34-41(37-16-8-4-9-17-37)26-32-45(48)39-18-10-5-11-19-39/h3-11,14-19,22-35H,12-13,20-21H2,1-2H3. The Hall–Kier alpha value is -5.92. The van der Waals surface area contributed by atoms with E-state index in [2.05, 4.69) is 195 Å². The van der Waals surface area contributed by atoms with Gasteiger partial charge in [-0.2, -0.15) is 0 Å². The zero-order valence-electron chi connectivity index (χ0n) is 30.0. The van der Waals surface area contributed by atoms with Crippen molar-refractivity contribution in [2.75, 3.05) is 4.90 Å². The van der Waals surface area contributed by atoms with Crippen molar-refractivity contribution >= 4 is 22.6 Å². The molecule has 0 aliphatic heterocycles. The lowest BCUT2D eigenvalue weighted by Gasteiger charge is -2.29. The first-order chi connectivity index (χ1) is 25.5. The molecule has 0 aromatic heterocycles. The highest BCUT2D eigenvalue weighted by Crippen LogP contribution is 2.53. The van der Waals surface area contributed by atoms with E-state index in [-0.39, 0.29) is 5.41 Å². The van der Waals surface area contributed by atoms with Gasteiger partial charge in [-0.25, -0.2) is 0 Å². The summed E-state index contributed by atoms with van der Waals surface area (Å²) in [6.45, 7) is 4.87. The van der Waals surface area contributed by atoms with Gasteiger partial charge in [-0.1, -0.05) is 153 Å². The van der Waals surface area contributed by atoms with Gasteiger partial charge in [0.25, 0.3) is 0 Å². The fourth-order valence-electron chi connectivity index (χ4n) is 8.64. The molecule has 1 heteroatoms. The van der Waals surface area contributed by atoms with E-state index in [0.717, 1.165) is 11.4 Å². The Morgan fingerprint density at radius 3 is 1.48 bits per heavy atom. The van der Waals surface area contributed by atoms with Crippen LogP contribution in [0.4, 0.5) is 17.1 Å². The van der Waals surface area contributed by atoms with Gasteiger partial charge in [-0.15, -0.1) is 0 Å². The number of hydrogen-bond acceptors (Lipinski definition) is 1. The van der Waals surface area contributed by atoms with Crippen LogP contribution in [0.3, 0.4) is 0 Å². The Labute approximate surface area is 308 Å². The minimum Gasteiger partial charge on any atom is -0.310 e. The molecule has 0 N–H and O–H groups in total. The van der Waals surface area contributed by atoms with Crippen molar-refractivity contribution in [2.24, 2.45) is 0 Å². The fourth-order valence-corrected chi connectivity index (χ4v) is 8.64. The highest BCUT2D eigenvalue weighted by molar-refractivity contribution is 5.89. The summed E-state index contributed by atoms with van der Waals surface area (Å²) in [5, 5.41) is 0. The van der Waals surface area contributed by atoms with Gasteiger partial charge in [0, 0.05) is 22.5 Å². The number of nitrogens with zero attached hydrogens (tertiary/aromatic N) is 1. The maximum absolute atomic E-state index is 2.48. The smallest absolute Gasteiger partial charge is 0.0465 e. The molecule has 1 nitrogen and oxygen atoms in total. The lowest BCUT2D eigenvalue weighted by Crippen LogP contribution is -2.19. The first kappa shape index (κ1) is 32.0. The Balaban J connectivity index is 1.15. The van der Waals surface area contributed by atoms with Gasteiger partial charge in [-0.3, -0.25) is 0 Å². The Morgan fingerprint density at radius 2 is 0.846 bits per heavy atom. The molecule has 252 valence electrons. The number of fused-ring (bicyclic) bond motifs is 2. The Kier molecular flexibility index (Phi) is 8.20. The van der Waals surface area contributed by atoms with Crippen LogP contribution in [0, 0.1) is 0 Å². The third-order valence-corrected chi connectivity index (χ3v) is 11.4. The first-order valence-electron chi connectivity index (χ1n) is 18.7. The van der Waals surface area contributed by atoms with E-state index in [1.54, 1.807) is 11.1 Å². The summed E-state index contributed by atoms with van der Waals surface area (Å²) >= 11 is 0. The van der Waals surface area contributed by atoms with Gasteiger partial charge in [0.1, 0.15) is 0 Å². The molecule has 7 aromatic rings. The lowest BCUT2D eigenvalue weighted by molar-refractivity contribution is 0.574. The molecule has 0 atom stereocenters. The largest absolute Gasteiger partial charge is 0.310 e. The van der Waals surface area contributed by atoms with Crippen molar-refractivity contribution < 1.29 is 0 Å². The second-order valence-electron chi connectivity index (χ2n) is 14.8. The summed E-state index contributed by atoms with van der Waals surface area (Å²) in [6, 6.07) is 64.4. The molecule has 0 amide bonds. The van der Waals surface area contributed by atoms with Crippen LogP contribution in [0.25, 0.3) is 50.1 Å². The van der Waals surface area contributed by atoms with Gasteiger partial charge in [0.15, 0.2) is 0 Å². The topological polar surface area (TPSA) is 3.24 Å². The van der Waals surface area contributed by atoms with Gasteiger partial charge < -0.3 is 4.90 Å². The van der Waals surface area contributed by atoms with E-state index in [4.69, 9.17) is 0 Å². The average Bonchev–Trinajstić information content (AvgIpc) is 3.45. The molecule has 0 radical (unpaired) electrons. The van der Waals surface area contributed by atoms with Gasteiger partial charge >= 0.3 is 0 Å². The molecule has 0 heterocycles. The van der Waals surface area contributed by atoms with Crippen LogP contribution in [-0.2, 0) is 5.41 Å². The minimum absolute atomic E-state index is 0.0470. The molecule has 9 rings (SSSR count). The third kappa shape index (κ3) is 5.77. The van der Waals surface area contributed by atoms with Crippen molar-refractivity contribution in [3.05, 3.63) is 193 Å². The van der Waals surface area contributed by atoms with E-state index in [9.17, 15) is 0 Å². The van der Waals surface area contributed by atoms with Crippen LogP contribution in [0.2, 0.25) is 0 Å². The van der Waals surface area contributed by atoms with Gasteiger partial charge in [-0.05, 0) is 129 Å². The molecule has 2 aliphatic rings. The predicted molar refractivity (Wildman–Crippen MR) is 221 cm³/mol. The summed E-state index contributed by atoms with van der Waals surface area (Å²) in [6.07, 6.45) is 5.01. The van der Waals surface area contributed by atoms with Crippen molar-refractivity contribution in [1.29, 1.82) is 0 Å². The van der Waals surface area contributed by atoms with E-state index in [1.807, 2.05) is 0 Å². The summed E-state index contributed by atoms with van der Waals surface area (Å²) in [7, 11) is 0. The van der Waals surface area contributed by atoms with Gasteiger partial charge in [0.2, 0.25) is 0 Å². The fraction of sp³-hybridized carbons (Fsp3) is 0.137. The molecule has 0 fully saturated rings. The van der Waals surface area contributed by atoms with Crippen molar-refractivity contribution in [2.45, 2.75) is 44.9 Å². The summed E-state index contributed by atoms with van der Waals surface area (Å²) in [5.41, 5.74) is 19.5. The normalized spacial score (nSPS) is 14.5. The molecular formula is C51H43N. The third-order valence-electron chi connectivity index (χ3n) is 11.4. The minimum atomic E-state index is 0.0470. The molecular weight excluding hydrogens is 627 g/mol. The molecule has 2 aliphatic carbocycles. The predicted octanol–water partition coefficient (Wildman–Crippen LogP) is 14.4. The van der Waals surface area contributed by atoms with Crippen LogP contribution >= 0.6 is 0 Å². The van der Waals surface area contributed by atoms with Crippen LogP contribution in [0.5, 0.6) is 0 Å². The summed E-state index contributed by atoms with van der Waals surface area (Å²) < 4.78 is 0. The summed E-state index contributed by atoms with van der Waals surface area (Å²) in [4.78, 5) is 2.44. The lowest BCUT2D eigenvalue weighted by atomic mass is 9.77. The maximum atomic E-state index is 2.48. The molecule has 0 saturated carbocycles. The van der Waals surface area contributed by atoms with Crippen LogP contribution in [0.1, 0.15) is 50.7 Å². The number of hydrogen-bond donors (Lipinski definition) is 0. The summed E-state index contributed by atoms with van der Waals surface area (Å²) in [5.74, 6) is 0. The quantitative estimate of drug-likeness (QED) is 0.163. The Bertz CT molecular complexity index is 2380. The second kappa shape index (κ2) is 13.3. The van der Waals surface area contributed by atoms with Crippen LogP contribution < -0.4 is 4.90 Å². The number of anilines is 3. The van der Waals surface area contributed by atoms with Crippen molar-refractivity contribution in [3.63, 3.8) is 0 Å². The SMILES string of the molecule is CC1(C)C2=C(CCCC2)c2ccc(N(c3ccc(-c4ccccc4)cc3)c3ccc(-c4cc(-c5ccccc5)ccc4-c4ccccc4)cc3)cc21. The number of allylic oxidation sites excluding steroid dienone is 2. The molecule has 0 unspecified atom stereocenters. The van der Waals surface area contributed by atoms with E-state index in [1.165, 1.54) is 87.0 Å². The van der Waals surface area contributed by atoms with Crippen molar-refractivity contribution in [1.82, 2.24) is 0 Å². The van der Waals surface area contributed by atoms with Gasteiger partial charge in [0.05, 0.1) is 0 Å². The zero-order valence-corrected chi connectivity index (χ0v) is 30.0. The van der Waals surface area contributed by atoms with Crippen LogP contribution in [0.15, 0.2) is 181 Å². The van der Waals surface area contributed by atoms with E-state index in [0.29, 0.717) is 0 Å². The average molecular weight is 670 g/mol. The Morgan fingerprint density at radius 1 is 0.385 bits per heavy atom. The van der Waals surface area contributed by atoms with Crippen molar-refractivity contribution in [3.8, 4) is 44.5 Å². The maximum Gasteiger partial charge on any atom is 0.0465 e. The van der Waals surface area contributed by atoms with Crippen LogP contribution in [-0.4, -0.2) is 0 Å². The van der Waals surface area contributed by atoms with E-state index < -0.39 is 0 Å². The highest BCUT2D eigenvalue weighted by atomic mass is 15.1. The second-order valence-corrected chi connectivity index (χ2v) is 14.8. The number of rotatable bonds is 7. The monoisotopic (exact) mass is 669 g/mol. The highest BCUT2D eigenvalue weighted by Gasteiger charge is 2.38.